The highest BCUT2D eigenvalue weighted by atomic mass is 35.5. The van der Waals surface area contributed by atoms with Crippen molar-refractivity contribution in [3.63, 3.8) is 0 Å². The second-order valence-corrected chi connectivity index (χ2v) is 12.3. The summed E-state index contributed by atoms with van der Waals surface area (Å²) < 4.78 is 15.6. The van der Waals surface area contributed by atoms with E-state index in [1.165, 1.54) is 11.3 Å². The Balaban J connectivity index is 1.59. The number of para-hydroxylation sites is 2. The molecule has 45 heavy (non-hydrogen) atoms. The molecule has 1 aliphatic rings. The van der Waals surface area contributed by atoms with Crippen molar-refractivity contribution >= 4 is 45.9 Å². The highest BCUT2D eigenvalue weighted by Gasteiger charge is 2.36. The molecule has 0 aliphatic carbocycles. The van der Waals surface area contributed by atoms with Crippen molar-refractivity contribution in [3.8, 4) is 5.75 Å². The third-order valence-electron chi connectivity index (χ3n) is 8.17. The first kappa shape index (κ1) is 30.6. The second kappa shape index (κ2) is 12.9. The van der Waals surface area contributed by atoms with Crippen LogP contribution in [0.1, 0.15) is 55.1 Å². The van der Waals surface area contributed by atoms with E-state index in [0.29, 0.717) is 49.9 Å². The summed E-state index contributed by atoms with van der Waals surface area (Å²) in [5.41, 5.74) is 5.51. The van der Waals surface area contributed by atoms with Gasteiger partial charge in [-0.1, -0.05) is 90.9 Å². The minimum absolute atomic E-state index is 0.211. The van der Waals surface area contributed by atoms with Crippen LogP contribution >= 0.6 is 22.9 Å². The number of carbonyl (C=O) groups is 1. The normalized spacial score (nSPS) is 14.9. The lowest BCUT2D eigenvalue weighted by molar-refractivity contribution is -0.139. The molecular formula is C36H34ClN3O4S. The van der Waals surface area contributed by atoms with Crippen LogP contribution in [0.4, 0.5) is 0 Å². The highest BCUT2D eigenvalue weighted by Crippen LogP contribution is 2.37. The maximum atomic E-state index is 14.4. The molecule has 0 saturated heterocycles. The molecule has 1 aliphatic heterocycles. The fraction of sp³-hybridized carbons (Fsp3) is 0.250. The maximum absolute atomic E-state index is 14.4. The number of carbonyl (C=O) groups excluding carboxylic acids is 1. The first-order valence-electron chi connectivity index (χ1n) is 15.0. The molecule has 0 bridgehead atoms. The summed E-state index contributed by atoms with van der Waals surface area (Å²) in [7, 11) is 1.59. The van der Waals surface area contributed by atoms with Crippen LogP contribution in [0.25, 0.3) is 17.0 Å². The van der Waals surface area contributed by atoms with Crippen LogP contribution in [0.2, 0.25) is 5.02 Å². The van der Waals surface area contributed by atoms with E-state index in [1.807, 2.05) is 73.7 Å². The molecule has 9 heteroatoms. The Hall–Kier alpha value is -4.40. The fourth-order valence-corrected chi connectivity index (χ4v) is 7.28. The van der Waals surface area contributed by atoms with Gasteiger partial charge >= 0.3 is 5.97 Å². The summed E-state index contributed by atoms with van der Waals surface area (Å²) in [6, 6.07) is 22.8. The molecule has 1 atom stereocenters. The molecule has 3 aromatic carbocycles. The average molecular weight is 640 g/mol. The number of benzene rings is 3. The Kier molecular flexibility index (Phi) is 8.79. The summed E-state index contributed by atoms with van der Waals surface area (Å²) in [5.74, 6) is 0.100. The predicted molar refractivity (Wildman–Crippen MR) is 180 cm³/mol. The SMILES string of the molecule is CCCC1=C(C(=O)OCC)[C@@H](c2ccccc2OC)n2c(sc(=Cc3c(C)n(Cc4ccccc4Cl)c4ccccc34)c2=O)=N1. The lowest BCUT2D eigenvalue weighted by atomic mass is 9.93. The molecule has 0 N–H and O–H groups in total. The number of esters is 1. The molecule has 3 heterocycles. The van der Waals surface area contributed by atoms with Crippen molar-refractivity contribution in [2.24, 2.45) is 4.99 Å². The van der Waals surface area contributed by atoms with Gasteiger partial charge in [-0.05, 0) is 50.1 Å². The Labute approximate surface area is 270 Å². The quantitative estimate of drug-likeness (QED) is 0.171. The fourth-order valence-electron chi connectivity index (χ4n) is 6.08. The smallest absolute Gasteiger partial charge is 0.338 e. The monoisotopic (exact) mass is 639 g/mol. The van der Waals surface area contributed by atoms with Crippen LogP contribution < -0.4 is 19.6 Å². The lowest BCUT2D eigenvalue weighted by Gasteiger charge is -2.26. The molecule has 0 fully saturated rings. The van der Waals surface area contributed by atoms with Crippen LogP contribution in [-0.4, -0.2) is 28.8 Å². The summed E-state index contributed by atoms with van der Waals surface area (Å²) in [4.78, 5) is 33.4. The van der Waals surface area contributed by atoms with E-state index < -0.39 is 12.0 Å². The molecule has 0 radical (unpaired) electrons. The number of nitrogens with zero attached hydrogens (tertiary/aromatic N) is 3. The Morgan fingerprint density at radius 2 is 1.78 bits per heavy atom. The summed E-state index contributed by atoms with van der Waals surface area (Å²) in [5, 5.41) is 1.74. The molecule has 230 valence electrons. The van der Waals surface area contributed by atoms with E-state index in [4.69, 9.17) is 26.1 Å². The molecule has 0 unspecified atom stereocenters. The standard InChI is InChI=1S/C36H34ClN3O4S/c1-5-13-28-32(35(42)44-6-2)33(25-16-9-12-19-30(25)43-4)40-34(41)31(45-36(40)38-28)20-26-22(3)39(29-18-11-8-15-24(26)29)21-23-14-7-10-17-27(23)37/h7-12,14-20,33H,5-6,13,21H2,1-4H3/t33-/m1/s1. The van der Waals surface area contributed by atoms with Crippen LogP contribution in [0.3, 0.4) is 0 Å². The number of thiazole rings is 1. The Morgan fingerprint density at radius 3 is 2.53 bits per heavy atom. The third kappa shape index (κ3) is 5.53. The number of halogens is 1. The zero-order valence-electron chi connectivity index (χ0n) is 25.7. The average Bonchev–Trinajstić information content (AvgIpc) is 3.50. The molecule has 5 aromatic rings. The van der Waals surface area contributed by atoms with Crippen molar-refractivity contribution in [2.75, 3.05) is 13.7 Å². The zero-order valence-corrected chi connectivity index (χ0v) is 27.2. The van der Waals surface area contributed by atoms with Gasteiger partial charge in [0.2, 0.25) is 0 Å². The summed E-state index contributed by atoms with van der Waals surface area (Å²) in [6.45, 7) is 6.69. The highest BCUT2D eigenvalue weighted by molar-refractivity contribution is 7.07. The molecule has 6 rings (SSSR count). The van der Waals surface area contributed by atoms with E-state index >= 15 is 0 Å². The predicted octanol–water partition coefficient (Wildman–Crippen LogP) is 6.55. The van der Waals surface area contributed by atoms with Gasteiger partial charge in [-0.2, -0.15) is 0 Å². The van der Waals surface area contributed by atoms with Crippen molar-refractivity contribution in [2.45, 2.75) is 46.2 Å². The van der Waals surface area contributed by atoms with Gasteiger partial charge in [-0.3, -0.25) is 9.36 Å². The Morgan fingerprint density at radius 1 is 1.04 bits per heavy atom. The first-order chi connectivity index (χ1) is 21.9. The maximum Gasteiger partial charge on any atom is 0.338 e. The number of ether oxygens (including phenoxy) is 2. The van der Waals surface area contributed by atoms with Gasteiger partial charge in [0.1, 0.15) is 11.8 Å². The number of hydrogen-bond donors (Lipinski definition) is 0. The zero-order chi connectivity index (χ0) is 31.7. The summed E-state index contributed by atoms with van der Waals surface area (Å²) >= 11 is 7.88. The van der Waals surface area contributed by atoms with Gasteiger partial charge in [0.15, 0.2) is 4.80 Å². The van der Waals surface area contributed by atoms with Gasteiger partial charge in [0.25, 0.3) is 5.56 Å². The van der Waals surface area contributed by atoms with Crippen LogP contribution in [0.5, 0.6) is 5.75 Å². The van der Waals surface area contributed by atoms with Gasteiger partial charge < -0.3 is 14.0 Å². The number of fused-ring (bicyclic) bond motifs is 2. The first-order valence-corrected chi connectivity index (χ1v) is 16.2. The van der Waals surface area contributed by atoms with Crippen LogP contribution in [0, 0.1) is 6.92 Å². The van der Waals surface area contributed by atoms with Crippen molar-refractivity contribution in [3.05, 3.63) is 131 Å². The van der Waals surface area contributed by atoms with Crippen molar-refractivity contribution in [1.29, 1.82) is 0 Å². The number of hydrogen-bond acceptors (Lipinski definition) is 6. The minimum Gasteiger partial charge on any atom is -0.496 e. The molecule has 7 nitrogen and oxygen atoms in total. The molecule has 0 spiro atoms. The van der Waals surface area contributed by atoms with Crippen LogP contribution in [0.15, 0.2) is 93.9 Å². The number of rotatable bonds is 9. The lowest BCUT2D eigenvalue weighted by Crippen LogP contribution is -2.40. The summed E-state index contributed by atoms with van der Waals surface area (Å²) in [6.07, 6.45) is 3.30. The number of allylic oxidation sites excluding steroid dienone is 1. The van der Waals surface area contributed by atoms with Crippen LogP contribution in [-0.2, 0) is 16.1 Å². The van der Waals surface area contributed by atoms with Crippen molar-refractivity contribution < 1.29 is 14.3 Å². The van der Waals surface area contributed by atoms with E-state index in [9.17, 15) is 9.59 Å². The van der Waals surface area contributed by atoms with Gasteiger partial charge in [0.05, 0.1) is 29.5 Å². The topological polar surface area (TPSA) is 74.8 Å². The minimum atomic E-state index is -0.747. The molecule has 2 aromatic heterocycles. The molecular weight excluding hydrogens is 606 g/mol. The van der Waals surface area contributed by atoms with Gasteiger partial charge in [0, 0.05) is 39.3 Å². The van der Waals surface area contributed by atoms with Gasteiger partial charge in [-0.15, -0.1) is 0 Å². The molecule has 0 amide bonds. The van der Waals surface area contributed by atoms with E-state index in [0.717, 1.165) is 34.1 Å². The Bertz CT molecular complexity index is 2140. The van der Waals surface area contributed by atoms with Crippen molar-refractivity contribution in [1.82, 2.24) is 9.13 Å². The van der Waals surface area contributed by atoms with E-state index in [2.05, 4.69) is 23.6 Å². The second-order valence-electron chi connectivity index (χ2n) is 10.8. The third-order valence-corrected chi connectivity index (χ3v) is 9.52. The number of aromatic nitrogens is 2. The molecule has 0 saturated carbocycles. The largest absolute Gasteiger partial charge is 0.496 e. The van der Waals surface area contributed by atoms with Gasteiger partial charge in [-0.25, -0.2) is 9.79 Å². The van der Waals surface area contributed by atoms with E-state index in [1.54, 1.807) is 18.6 Å². The van der Waals surface area contributed by atoms with E-state index in [-0.39, 0.29) is 12.2 Å². The number of methoxy groups -OCH3 is 1.